The van der Waals surface area contributed by atoms with E-state index < -0.39 is 17.2 Å². The molecule has 0 aliphatic heterocycles. The maximum atomic E-state index is 11.6. The van der Waals surface area contributed by atoms with Crippen molar-refractivity contribution in [2.75, 3.05) is 4.31 Å². The zero-order valence-corrected chi connectivity index (χ0v) is 12.6. The van der Waals surface area contributed by atoms with Gasteiger partial charge >= 0.3 is 5.97 Å². The van der Waals surface area contributed by atoms with Gasteiger partial charge in [0.05, 0.1) is 21.2 Å². The van der Waals surface area contributed by atoms with Crippen LogP contribution in [0.3, 0.4) is 0 Å². The molecule has 1 atom stereocenters. The summed E-state index contributed by atoms with van der Waals surface area (Å²) in [6, 6.07) is 4.52. The fourth-order valence-electron chi connectivity index (χ4n) is 1.46. The van der Waals surface area contributed by atoms with E-state index in [2.05, 4.69) is 4.98 Å². The molecule has 0 fully saturated rings. The third kappa shape index (κ3) is 2.79. The van der Waals surface area contributed by atoms with E-state index in [1.54, 1.807) is 6.07 Å². The molecule has 0 radical (unpaired) electrons. The fourth-order valence-corrected chi connectivity index (χ4v) is 3.73. The zero-order valence-electron chi connectivity index (χ0n) is 9.49. The number of thiazole rings is 1. The molecular formula is C10H6Cl2N2O4S2. The minimum atomic E-state index is -2.56. The molecule has 106 valence electrons. The van der Waals surface area contributed by atoms with E-state index in [1.165, 1.54) is 17.6 Å². The van der Waals surface area contributed by atoms with Gasteiger partial charge in [-0.3, -0.25) is 4.55 Å². The lowest BCUT2D eigenvalue weighted by molar-refractivity contribution is 0.0692. The Bertz CT molecular complexity index is 671. The molecule has 1 aromatic carbocycles. The lowest BCUT2D eigenvalue weighted by atomic mass is 10.3. The number of carbonyl (C=O) groups is 1. The Morgan fingerprint density at radius 1 is 1.35 bits per heavy atom. The highest BCUT2D eigenvalue weighted by Crippen LogP contribution is 2.41. The Morgan fingerprint density at radius 3 is 2.45 bits per heavy atom. The first-order valence-corrected chi connectivity index (χ1v) is 7.65. The summed E-state index contributed by atoms with van der Waals surface area (Å²) in [6.07, 6.45) is 0. The molecule has 1 unspecified atom stereocenters. The monoisotopic (exact) mass is 352 g/mol. The number of carboxylic acid groups (broad SMARTS) is 1. The number of nitrogens with zero attached hydrogens (tertiary/aromatic N) is 2. The average Bonchev–Trinajstić information content (AvgIpc) is 2.82. The van der Waals surface area contributed by atoms with Crippen molar-refractivity contribution < 1.29 is 18.7 Å². The molecule has 1 heterocycles. The van der Waals surface area contributed by atoms with Gasteiger partial charge in [0.15, 0.2) is 5.69 Å². The van der Waals surface area contributed by atoms with Crippen molar-refractivity contribution in [3.05, 3.63) is 39.4 Å². The van der Waals surface area contributed by atoms with Crippen LogP contribution < -0.4 is 4.31 Å². The number of anilines is 2. The van der Waals surface area contributed by atoms with Gasteiger partial charge in [0.1, 0.15) is 5.00 Å². The van der Waals surface area contributed by atoms with Gasteiger partial charge in [0.25, 0.3) is 11.3 Å². The normalized spacial score (nSPS) is 12.2. The Balaban J connectivity index is 2.67. The van der Waals surface area contributed by atoms with E-state index in [0.29, 0.717) is 0 Å². The van der Waals surface area contributed by atoms with Crippen molar-refractivity contribution in [3.63, 3.8) is 0 Å². The smallest absolute Gasteiger partial charge is 0.357 e. The third-order valence-electron chi connectivity index (χ3n) is 2.23. The Hall–Kier alpha value is -1.19. The first-order valence-electron chi connectivity index (χ1n) is 4.95. The molecule has 20 heavy (non-hydrogen) atoms. The minimum absolute atomic E-state index is 0.0340. The highest BCUT2D eigenvalue weighted by atomic mass is 35.5. The largest absolute Gasteiger partial charge is 0.476 e. The van der Waals surface area contributed by atoms with E-state index in [9.17, 15) is 13.6 Å². The predicted molar refractivity (Wildman–Crippen MR) is 78.4 cm³/mol. The number of halogens is 2. The molecule has 0 aliphatic carbocycles. The summed E-state index contributed by atoms with van der Waals surface area (Å²) < 4.78 is 21.9. The van der Waals surface area contributed by atoms with Crippen LogP contribution in [0.5, 0.6) is 0 Å². The van der Waals surface area contributed by atoms with Gasteiger partial charge in [-0.2, -0.15) is 0 Å². The molecular weight excluding hydrogens is 347 g/mol. The van der Waals surface area contributed by atoms with Crippen LogP contribution in [0, 0.1) is 0 Å². The molecule has 10 heteroatoms. The number of rotatable bonds is 4. The van der Waals surface area contributed by atoms with E-state index in [4.69, 9.17) is 28.3 Å². The van der Waals surface area contributed by atoms with Crippen LogP contribution in [0.25, 0.3) is 0 Å². The van der Waals surface area contributed by atoms with Crippen LogP contribution in [0.2, 0.25) is 10.0 Å². The number of benzene rings is 1. The molecule has 0 amide bonds. The lowest BCUT2D eigenvalue weighted by Gasteiger charge is -2.20. The van der Waals surface area contributed by atoms with Crippen molar-refractivity contribution in [1.29, 1.82) is 0 Å². The summed E-state index contributed by atoms with van der Waals surface area (Å²) >= 11 is 10.3. The van der Waals surface area contributed by atoms with Gasteiger partial charge in [-0.25, -0.2) is 18.3 Å². The average molecular weight is 353 g/mol. The molecule has 2 N–H and O–H groups in total. The van der Waals surface area contributed by atoms with Crippen molar-refractivity contribution in [1.82, 2.24) is 4.98 Å². The number of hydrogen-bond acceptors (Lipinski definition) is 4. The quantitative estimate of drug-likeness (QED) is 0.822. The lowest BCUT2D eigenvalue weighted by Crippen LogP contribution is -2.21. The van der Waals surface area contributed by atoms with Crippen molar-refractivity contribution in [3.8, 4) is 0 Å². The number of aromatic nitrogens is 1. The second kappa shape index (κ2) is 6.06. The molecule has 0 saturated carbocycles. The second-order valence-electron chi connectivity index (χ2n) is 3.41. The molecule has 6 nitrogen and oxygen atoms in total. The summed E-state index contributed by atoms with van der Waals surface area (Å²) in [7, 11) is 0. The third-order valence-corrected chi connectivity index (χ3v) is 4.45. The van der Waals surface area contributed by atoms with E-state index in [-0.39, 0.29) is 26.4 Å². The minimum Gasteiger partial charge on any atom is -0.476 e. The van der Waals surface area contributed by atoms with Crippen LogP contribution in [-0.4, -0.2) is 24.8 Å². The van der Waals surface area contributed by atoms with Gasteiger partial charge < -0.3 is 5.11 Å². The van der Waals surface area contributed by atoms with E-state index in [1.807, 2.05) is 0 Å². The highest BCUT2D eigenvalue weighted by molar-refractivity contribution is 7.81. The van der Waals surface area contributed by atoms with Crippen molar-refractivity contribution >= 4 is 62.5 Å². The summed E-state index contributed by atoms with van der Waals surface area (Å²) in [5.74, 6) is -1.32. The summed E-state index contributed by atoms with van der Waals surface area (Å²) in [5, 5.41) is 9.24. The summed E-state index contributed by atoms with van der Waals surface area (Å²) in [4.78, 5) is 14.7. The molecule has 1 aromatic heterocycles. The fraction of sp³-hybridized carbons (Fsp3) is 0. The van der Waals surface area contributed by atoms with Crippen LogP contribution in [0.4, 0.5) is 10.7 Å². The van der Waals surface area contributed by atoms with Gasteiger partial charge in [0, 0.05) is 0 Å². The van der Waals surface area contributed by atoms with Crippen LogP contribution in [-0.2, 0) is 11.3 Å². The van der Waals surface area contributed by atoms with Gasteiger partial charge in [-0.15, -0.1) is 11.3 Å². The number of para-hydroxylation sites is 1. The maximum Gasteiger partial charge on any atom is 0.357 e. The van der Waals surface area contributed by atoms with Crippen molar-refractivity contribution in [2.45, 2.75) is 0 Å². The number of aromatic carboxylic acids is 1. The Labute approximate surface area is 130 Å². The summed E-state index contributed by atoms with van der Waals surface area (Å²) in [6.45, 7) is 0. The first kappa shape index (κ1) is 15.2. The predicted octanol–water partition coefficient (Wildman–Crippen LogP) is 3.42. The standard InChI is InChI=1S/C10H6Cl2N2O4S2/c11-5-2-1-3-6(12)8(5)14(20(17)18)9-7(10(15)16)13-4-19-9/h1-4H,(H,15,16)(H,17,18). The zero-order chi connectivity index (χ0) is 14.9. The van der Waals surface area contributed by atoms with Gasteiger partial charge in [-0.1, -0.05) is 29.3 Å². The first-order chi connectivity index (χ1) is 9.43. The Kier molecular flexibility index (Phi) is 4.61. The number of hydrogen-bond donors (Lipinski definition) is 2. The van der Waals surface area contributed by atoms with Crippen LogP contribution in [0.15, 0.2) is 23.7 Å². The molecule has 2 rings (SSSR count). The second-order valence-corrected chi connectivity index (χ2v) is 5.88. The molecule has 0 saturated heterocycles. The maximum absolute atomic E-state index is 11.6. The SMILES string of the molecule is O=C(O)c1ncsc1N(c1c(Cl)cccc1Cl)S(=O)O. The molecule has 0 bridgehead atoms. The van der Waals surface area contributed by atoms with E-state index >= 15 is 0 Å². The van der Waals surface area contributed by atoms with Crippen LogP contribution >= 0.6 is 34.5 Å². The van der Waals surface area contributed by atoms with Crippen LogP contribution in [0.1, 0.15) is 10.5 Å². The molecule has 0 aliphatic rings. The summed E-state index contributed by atoms with van der Waals surface area (Å²) in [5.41, 5.74) is 0.945. The highest BCUT2D eigenvalue weighted by Gasteiger charge is 2.27. The van der Waals surface area contributed by atoms with E-state index in [0.717, 1.165) is 15.6 Å². The molecule has 0 spiro atoms. The number of carboxylic acids is 1. The Morgan fingerprint density at radius 2 is 1.95 bits per heavy atom. The van der Waals surface area contributed by atoms with Gasteiger partial charge in [-0.05, 0) is 12.1 Å². The van der Waals surface area contributed by atoms with Gasteiger partial charge in [0.2, 0.25) is 0 Å². The molecule has 2 aromatic rings. The van der Waals surface area contributed by atoms with Crippen molar-refractivity contribution in [2.24, 2.45) is 0 Å². The topological polar surface area (TPSA) is 90.7 Å².